The fourth-order valence-electron chi connectivity index (χ4n) is 4.34. The van der Waals surface area contributed by atoms with Gasteiger partial charge in [0.15, 0.2) is 4.96 Å². The summed E-state index contributed by atoms with van der Waals surface area (Å²) in [7, 11) is 0. The number of aryl methyl sites for hydroxylation is 4. The van der Waals surface area contributed by atoms with Gasteiger partial charge >= 0.3 is 0 Å². The standard InChI is InChI=1S/C24H25N5O2S2/c1-13-5-6-18(14(2)11-13)21-19(27-16(4)33-21)23(31)28-8-7-17(28)12-25-22(30)20-15(3)26-24-29(20)9-10-32-24/h5-6,9-11,17H,7-8,12H2,1-4H3,(H,25,30)/t17-/m1/s1. The van der Waals surface area contributed by atoms with Crippen molar-refractivity contribution < 1.29 is 9.59 Å². The summed E-state index contributed by atoms with van der Waals surface area (Å²) in [4.78, 5) is 38.9. The van der Waals surface area contributed by atoms with Gasteiger partial charge < -0.3 is 10.2 Å². The highest BCUT2D eigenvalue weighted by molar-refractivity contribution is 7.15. The number of rotatable bonds is 5. The van der Waals surface area contributed by atoms with E-state index in [-0.39, 0.29) is 17.9 Å². The maximum atomic E-state index is 13.4. The minimum absolute atomic E-state index is 0.0402. The molecule has 1 aliphatic rings. The van der Waals surface area contributed by atoms with E-state index in [4.69, 9.17) is 0 Å². The van der Waals surface area contributed by atoms with Crippen LogP contribution in [-0.4, -0.2) is 50.2 Å². The minimum Gasteiger partial charge on any atom is -0.349 e. The van der Waals surface area contributed by atoms with E-state index in [1.807, 2.05) is 34.7 Å². The third-order valence-corrected chi connectivity index (χ3v) is 7.88. The van der Waals surface area contributed by atoms with Gasteiger partial charge in [0.1, 0.15) is 11.4 Å². The van der Waals surface area contributed by atoms with Crippen LogP contribution in [0.1, 0.15) is 49.2 Å². The lowest BCUT2D eigenvalue weighted by Crippen LogP contribution is -2.56. The number of carbonyl (C=O) groups excluding carboxylic acids is 2. The molecule has 0 aliphatic carbocycles. The van der Waals surface area contributed by atoms with Crippen molar-refractivity contribution in [3.05, 3.63) is 63.0 Å². The van der Waals surface area contributed by atoms with Crippen molar-refractivity contribution >= 4 is 39.4 Å². The second-order valence-corrected chi connectivity index (χ2v) is 10.6. The van der Waals surface area contributed by atoms with Crippen molar-refractivity contribution in [3.63, 3.8) is 0 Å². The molecule has 1 fully saturated rings. The van der Waals surface area contributed by atoms with Crippen LogP contribution in [0, 0.1) is 27.7 Å². The average molecular weight is 480 g/mol. The molecule has 5 rings (SSSR count). The van der Waals surface area contributed by atoms with E-state index in [9.17, 15) is 9.59 Å². The lowest BCUT2D eigenvalue weighted by molar-refractivity contribution is 0.0451. The van der Waals surface area contributed by atoms with Gasteiger partial charge in [-0.05, 0) is 45.2 Å². The number of aromatic nitrogens is 3. The zero-order chi connectivity index (χ0) is 23.3. The largest absolute Gasteiger partial charge is 0.349 e. The van der Waals surface area contributed by atoms with Crippen molar-refractivity contribution in [3.8, 4) is 10.4 Å². The van der Waals surface area contributed by atoms with E-state index in [0.717, 1.165) is 32.4 Å². The van der Waals surface area contributed by atoms with E-state index in [1.165, 1.54) is 16.9 Å². The molecule has 2 amide bonds. The van der Waals surface area contributed by atoms with Gasteiger partial charge in [0.2, 0.25) is 0 Å². The van der Waals surface area contributed by atoms with Gasteiger partial charge in [0, 0.05) is 24.7 Å². The van der Waals surface area contributed by atoms with Crippen molar-refractivity contribution in [2.24, 2.45) is 0 Å². The van der Waals surface area contributed by atoms with Gasteiger partial charge in [-0.25, -0.2) is 9.97 Å². The third-order valence-electron chi connectivity index (χ3n) is 6.12. The van der Waals surface area contributed by atoms with Crippen molar-refractivity contribution in [2.75, 3.05) is 13.1 Å². The molecule has 1 saturated heterocycles. The Balaban J connectivity index is 1.32. The number of amides is 2. The third kappa shape index (κ3) is 3.85. The molecule has 0 bridgehead atoms. The SMILES string of the molecule is Cc1ccc(-c2sc(C)nc2C(=O)N2CC[C@@H]2CNC(=O)c2c(C)nc3sccn23)c(C)c1. The van der Waals surface area contributed by atoms with Crippen LogP contribution >= 0.6 is 22.7 Å². The predicted molar refractivity (Wildman–Crippen MR) is 131 cm³/mol. The van der Waals surface area contributed by atoms with Gasteiger partial charge in [-0.3, -0.25) is 14.0 Å². The molecule has 4 aromatic rings. The molecule has 9 heteroatoms. The van der Waals surface area contributed by atoms with Crippen LogP contribution in [-0.2, 0) is 0 Å². The number of fused-ring (bicyclic) bond motifs is 1. The Hall–Kier alpha value is -3.04. The van der Waals surface area contributed by atoms with E-state index >= 15 is 0 Å². The fourth-order valence-corrected chi connectivity index (χ4v) is 6.10. The van der Waals surface area contributed by atoms with Gasteiger partial charge in [-0.2, -0.15) is 0 Å². The van der Waals surface area contributed by atoms with Crippen molar-refractivity contribution in [1.82, 2.24) is 24.6 Å². The summed E-state index contributed by atoms with van der Waals surface area (Å²) in [6.07, 6.45) is 2.71. The maximum Gasteiger partial charge on any atom is 0.274 e. The Bertz CT molecular complexity index is 1380. The summed E-state index contributed by atoms with van der Waals surface area (Å²) in [6, 6.07) is 6.22. The lowest BCUT2D eigenvalue weighted by Gasteiger charge is -2.40. The molecule has 0 radical (unpaired) electrons. The van der Waals surface area contributed by atoms with Gasteiger partial charge in [-0.15, -0.1) is 22.7 Å². The molecule has 1 N–H and O–H groups in total. The number of imidazole rings is 1. The number of hydrogen-bond donors (Lipinski definition) is 1. The summed E-state index contributed by atoms with van der Waals surface area (Å²) in [5, 5.41) is 5.79. The average Bonchev–Trinajstić information content (AvgIpc) is 3.41. The molecule has 170 valence electrons. The quantitative estimate of drug-likeness (QED) is 0.460. The molecular formula is C24H25N5O2S2. The number of nitrogens with zero attached hydrogens (tertiary/aromatic N) is 4. The Morgan fingerprint density at radius 1 is 1.18 bits per heavy atom. The van der Waals surface area contributed by atoms with Crippen molar-refractivity contribution in [1.29, 1.82) is 0 Å². The van der Waals surface area contributed by atoms with Crippen LogP contribution in [0.25, 0.3) is 15.4 Å². The van der Waals surface area contributed by atoms with Crippen LogP contribution < -0.4 is 5.32 Å². The van der Waals surface area contributed by atoms with E-state index in [0.29, 0.717) is 30.2 Å². The number of hydrogen-bond acceptors (Lipinski definition) is 6. The molecule has 3 aromatic heterocycles. The highest BCUT2D eigenvalue weighted by Crippen LogP contribution is 2.35. The first-order valence-corrected chi connectivity index (χ1v) is 12.6. The molecule has 1 aromatic carbocycles. The lowest BCUT2D eigenvalue weighted by atomic mass is 10.00. The second kappa shape index (κ2) is 8.39. The van der Waals surface area contributed by atoms with E-state index in [2.05, 4.69) is 47.3 Å². The Morgan fingerprint density at radius 2 is 2.00 bits per heavy atom. The molecule has 1 aliphatic heterocycles. The molecular weight excluding hydrogens is 454 g/mol. The normalized spacial score (nSPS) is 15.6. The van der Waals surface area contributed by atoms with Gasteiger partial charge in [0.25, 0.3) is 11.8 Å². The highest BCUT2D eigenvalue weighted by Gasteiger charge is 2.36. The summed E-state index contributed by atoms with van der Waals surface area (Å²) < 4.78 is 1.81. The maximum absolute atomic E-state index is 13.4. The Morgan fingerprint density at radius 3 is 2.73 bits per heavy atom. The van der Waals surface area contributed by atoms with Gasteiger partial charge in [-0.1, -0.05) is 23.8 Å². The van der Waals surface area contributed by atoms with Gasteiger partial charge in [0.05, 0.1) is 21.6 Å². The highest BCUT2D eigenvalue weighted by atomic mass is 32.1. The molecule has 1 atom stereocenters. The van der Waals surface area contributed by atoms with Crippen LogP contribution in [0.2, 0.25) is 0 Å². The first-order valence-electron chi connectivity index (χ1n) is 10.9. The zero-order valence-electron chi connectivity index (χ0n) is 19.0. The van der Waals surface area contributed by atoms with E-state index in [1.54, 1.807) is 11.3 Å². The Labute approximate surface area is 200 Å². The fraction of sp³-hybridized carbons (Fsp3) is 0.333. The summed E-state index contributed by atoms with van der Waals surface area (Å²) in [5.41, 5.74) is 5.14. The topological polar surface area (TPSA) is 79.6 Å². The summed E-state index contributed by atoms with van der Waals surface area (Å²) in [6.45, 7) is 8.98. The minimum atomic E-state index is -0.168. The van der Waals surface area contributed by atoms with Crippen LogP contribution in [0.4, 0.5) is 0 Å². The number of likely N-dealkylation sites (tertiary alicyclic amines) is 1. The first-order chi connectivity index (χ1) is 15.8. The molecule has 0 unspecified atom stereocenters. The zero-order valence-corrected chi connectivity index (χ0v) is 20.6. The number of nitrogens with one attached hydrogen (secondary N) is 1. The Kier molecular flexibility index (Phi) is 5.54. The van der Waals surface area contributed by atoms with E-state index < -0.39 is 0 Å². The molecule has 7 nitrogen and oxygen atoms in total. The molecule has 0 spiro atoms. The monoisotopic (exact) mass is 479 g/mol. The first kappa shape index (κ1) is 21.8. The van der Waals surface area contributed by atoms with Crippen LogP contribution in [0.15, 0.2) is 29.8 Å². The number of thiazole rings is 2. The molecule has 33 heavy (non-hydrogen) atoms. The smallest absolute Gasteiger partial charge is 0.274 e. The molecule has 0 saturated carbocycles. The van der Waals surface area contributed by atoms with Crippen molar-refractivity contribution in [2.45, 2.75) is 40.2 Å². The summed E-state index contributed by atoms with van der Waals surface area (Å²) >= 11 is 3.05. The summed E-state index contributed by atoms with van der Waals surface area (Å²) in [5.74, 6) is -0.237. The van der Waals surface area contributed by atoms with Crippen LogP contribution in [0.5, 0.6) is 0 Å². The van der Waals surface area contributed by atoms with Crippen LogP contribution in [0.3, 0.4) is 0 Å². The molecule has 4 heterocycles. The predicted octanol–water partition coefficient (Wildman–Crippen LogP) is 4.40. The number of carbonyl (C=O) groups is 2. The number of benzene rings is 1. The second-order valence-electron chi connectivity index (χ2n) is 8.48.